The van der Waals surface area contributed by atoms with Crippen LogP contribution in [0.5, 0.6) is 0 Å². The molecule has 0 saturated carbocycles. The van der Waals surface area contributed by atoms with Gasteiger partial charge in [0.05, 0.1) is 13.1 Å². The Morgan fingerprint density at radius 1 is 1.18 bits per heavy atom. The lowest BCUT2D eigenvalue weighted by Crippen LogP contribution is -2.33. The molecule has 0 heterocycles. The van der Waals surface area contributed by atoms with E-state index in [1.54, 1.807) is 6.07 Å². The van der Waals surface area contributed by atoms with Gasteiger partial charge in [0.2, 0.25) is 0 Å². The first-order chi connectivity index (χ1) is 7.97. The van der Waals surface area contributed by atoms with E-state index in [0.717, 1.165) is 0 Å². The quantitative estimate of drug-likeness (QED) is 0.770. The third-order valence-corrected chi connectivity index (χ3v) is 2.01. The number of nitrogens with zero attached hydrogens (tertiary/aromatic N) is 1. The molecule has 0 aliphatic heterocycles. The zero-order valence-electron chi connectivity index (χ0n) is 8.97. The summed E-state index contributed by atoms with van der Waals surface area (Å²) in [4.78, 5) is 22.3. The first kappa shape index (κ1) is 13.1. The molecule has 17 heavy (non-hydrogen) atoms. The van der Waals surface area contributed by atoms with Gasteiger partial charge < -0.3 is 10.2 Å². The van der Waals surface area contributed by atoms with Gasteiger partial charge in [-0.1, -0.05) is 12.1 Å². The normalized spacial score (nSPS) is 10.5. The number of carboxylic acids is 2. The Balaban J connectivity index is 2.71. The van der Waals surface area contributed by atoms with E-state index in [1.165, 1.54) is 23.1 Å². The number of carboxylic acid groups (broad SMARTS) is 2. The Hall–Kier alpha value is -1.95. The molecule has 0 aliphatic rings. The van der Waals surface area contributed by atoms with Crippen LogP contribution in [0.15, 0.2) is 24.3 Å². The largest absolute Gasteiger partial charge is 0.480 e. The molecule has 0 amide bonds. The van der Waals surface area contributed by atoms with Gasteiger partial charge in [-0.05, 0) is 17.7 Å². The van der Waals surface area contributed by atoms with Crippen LogP contribution < -0.4 is 0 Å². The van der Waals surface area contributed by atoms with Gasteiger partial charge in [0.1, 0.15) is 5.82 Å². The second-order valence-corrected chi connectivity index (χ2v) is 3.56. The van der Waals surface area contributed by atoms with Gasteiger partial charge in [0.25, 0.3) is 0 Å². The molecule has 0 unspecified atom stereocenters. The molecule has 0 spiro atoms. The maximum Gasteiger partial charge on any atom is 0.317 e. The van der Waals surface area contributed by atoms with Gasteiger partial charge in [-0.2, -0.15) is 0 Å². The van der Waals surface area contributed by atoms with Crippen molar-refractivity contribution in [3.63, 3.8) is 0 Å². The topological polar surface area (TPSA) is 77.8 Å². The Labute approximate surface area is 97.1 Å². The maximum atomic E-state index is 12.9. The summed E-state index contributed by atoms with van der Waals surface area (Å²) in [6, 6.07) is 5.61. The third-order valence-electron chi connectivity index (χ3n) is 2.01. The molecule has 1 aromatic rings. The first-order valence-corrected chi connectivity index (χ1v) is 4.88. The van der Waals surface area contributed by atoms with Crippen molar-refractivity contribution in [2.75, 3.05) is 13.1 Å². The van der Waals surface area contributed by atoms with E-state index in [9.17, 15) is 14.0 Å². The van der Waals surface area contributed by atoms with Crippen LogP contribution in [-0.2, 0) is 16.1 Å². The van der Waals surface area contributed by atoms with E-state index >= 15 is 0 Å². The van der Waals surface area contributed by atoms with Crippen molar-refractivity contribution in [1.29, 1.82) is 0 Å². The van der Waals surface area contributed by atoms with Gasteiger partial charge in [-0.15, -0.1) is 0 Å². The van der Waals surface area contributed by atoms with Crippen LogP contribution in [-0.4, -0.2) is 40.1 Å². The minimum absolute atomic E-state index is 0.0797. The summed E-state index contributed by atoms with van der Waals surface area (Å²) in [5.41, 5.74) is 0.535. The summed E-state index contributed by atoms with van der Waals surface area (Å²) in [5.74, 6) is -2.68. The van der Waals surface area contributed by atoms with E-state index in [4.69, 9.17) is 10.2 Å². The fourth-order valence-electron chi connectivity index (χ4n) is 1.44. The van der Waals surface area contributed by atoms with Crippen LogP contribution in [0.3, 0.4) is 0 Å². The lowest BCUT2D eigenvalue weighted by molar-refractivity contribution is -0.142. The molecule has 1 rings (SSSR count). The van der Waals surface area contributed by atoms with Crippen molar-refractivity contribution in [1.82, 2.24) is 4.90 Å². The molecule has 5 nitrogen and oxygen atoms in total. The first-order valence-electron chi connectivity index (χ1n) is 4.88. The van der Waals surface area contributed by atoms with E-state index in [2.05, 4.69) is 0 Å². The van der Waals surface area contributed by atoms with Crippen molar-refractivity contribution in [2.45, 2.75) is 6.54 Å². The molecule has 1 aromatic carbocycles. The lowest BCUT2D eigenvalue weighted by atomic mass is 10.2. The molecule has 0 atom stereocenters. The Morgan fingerprint density at radius 2 is 1.76 bits per heavy atom. The number of carbonyl (C=O) groups is 2. The van der Waals surface area contributed by atoms with Crippen LogP contribution in [0.25, 0.3) is 0 Å². The van der Waals surface area contributed by atoms with Crippen LogP contribution >= 0.6 is 0 Å². The molecule has 0 saturated heterocycles. The zero-order chi connectivity index (χ0) is 12.8. The standard InChI is InChI=1S/C11H12FNO4/c12-9-3-1-2-8(4-9)5-13(6-10(14)15)7-11(16)17/h1-4H,5-7H2,(H,14,15)(H,16,17). The van der Waals surface area contributed by atoms with Gasteiger partial charge >= 0.3 is 11.9 Å². The average molecular weight is 241 g/mol. The number of benzene rings is 1. The monoisotopic (exact) mass is 241 g/mol. The summed E-state index contributed by atoms with van der Waals surface area (Å²) in [6.07, 6.45) is 0. The fraction of sp³-hybridized carbons (Fsp3) is 0.273. The number of halogens is 1. The molecule has 2 N–H and O–H groups in total. The van der Waals surface area contributed by atoms with E-state index < -0.39 is 30.8 Å². The van der Waals surface area contributed by atoms with Crippen LogP contribution in [0.2, 0.25) is 0 Å². The Kier molecular flexibility index (Phi) is 4.59. The summed E-state index contributed by atoms with van der Waals surface area (Å²) < 4.78 is 12.9. The predicted octanol–water partition coefficient (Wildman–Crippen LogP) is 0.797. The molecule has 0 aliphatic carbocycles. The van der Waals surface area contributed by atoms with Crippen LogP contribution in [0.4, 0.5) is 4.39 Å². The highest BCUT2D eigenvalue weighted by molar-refractivity contribution is 5.72. The molecule has 92 valence electrons. The highest BCUT2D eigenvalue weighted by atomic mass is 19.1. The van der Waals surface area contributed by atoms with Crippen molar-refractivity contribution < 1.29 is 24.2 Å². The van der Waals surface area contributed by atoms with Gasteiger partial charge in [0.15, 0.2) is 0 Å². The summed E-state index contributed by atoms with van der Waals surface area (Å²) in [5, 5.41) is 17.2. The maximum absolute atomic E-state index is 12.9. The van der Waals surface area contributed by atoms with Crippen LogP contribution in [0, 0.1) is 5.82 Å². The van der Waals surface area contributed by atoms with Gasteiger partial charge in [-0.3, -0.25) is 14.5 Å². The second-order valence-electron chi connectivity index (χ2n) is 3.56. The Bertz CT molecular complexity index is 406. The SMILES string of the molecule is O=C(O)CN(CC(=O)O)Cc1cccc(F)c1. The summed E-state index contributed by atoms with van der Waals surface area (Å²) in [7, 11) is 0. The molecule has 0 radical (unpaired) electrons. The molecule has 0 bridgehead atoms. The minimum atomic E-state index is -1.12. The van der Waals surface area contributed by atoms with Crippen LogP contribution in [0.1, 0.15) is 5.56 Å². The van der Waals surface area contributed by atoms with E-state index in [1.807, 2.05) is 0 Å². The zero-order valence-corrected chi connectivity index (χ0v) is 8.97. The third kappa shape index (κ3) is 5.07. The number of hydrogen-bond donors (Lipinski definition) is 2. The molecular formula is C11H12FNO4. The average Bonchev–Trinajstić information content (AvgIpc) is 2.14. The lowest BCUT2D eigenvalue weighted by Gasteiger charge is -2.17. The molecule has 0 aromatic heterocycles. The molecule has 0 fully saturated rings. The number of rotatable bonds is 6. The highest BCUT2D eigenvalue weighted by Gasteiger charge is 2.13. The van der Waals surface area contributed by atoms with Crippen molar-refractivity contribution in [3.8, 4) is 0 Å². The summed E-state index contributed by atoms with van der Waals surface area (Å²) in [6.45, 7) is -0.720. The number of hydrogen-bond acceptors (Lipinski definition) is 3. The van der Waals surface area contributed by atoms with Crippen molar-refractivity contribution in [2.24, 2.45) is 0 Å². The molecular weight excluding hydrogens is 229 g/mol. The highest BCUT2D eigenvalue weighted by Crippen LogP contribution is 2.07. The van der Waals surface area contributed by atoms with Crippen molar-refractivity contribution >= 4 is 11.9 Å². The Morgan fingerprint density at radius 3 is 2.24 bits per heavy atom. The second kappa shape index (κ2) is 5.95. The minimum Gasteiger partial charge on any atom is -0.480 e. The van der Waals surface area contributed by atoms with E-state index in [0.29, 0.717) is 5.56 Å². The van der Waals surface area contributed by atoms with Gasteiger partial charge in [-0.25, -0.2) is 4.39 Å². The fourth-order valence-corrected chi connectivity index (χ4v) is 1.44. The van der Waals surface area contributed by atoms with Gasteiger partial charge in [0, 0.05) is 6.54 Å². The predicted molar refractivity (Wildman–Crippen MR) is 56.9 cm³/mol. The molecule has 6 heteroatoms. The smallest absolute Gasteiger partial charge is 0.317 e. The van der Waals surface area contributed by atoms with Crippen molar-refractivity contribution in [3.05, 3.63) is 35.6 Å². The van der Waals surface area contributed by atoms with E-state index in [-0.39, 0.29) is 6.54 Å². The summed E-state index contributed by atoms with van der Waals surface area (Å²) >= 11 is 0. The number of aliphatic carboxylic acids is 2.